The summed E-state index contributed by atoms with van der Waals surface area (Å²) in [5, 5.41) is 4.56. The van der Waals surface area contributed by atoms with E-state index >= 15 is 0 Å². The van der Waals surface area contributed by atoms with Gasteiger partial charge in [0, 0.05) is 16.5 Å². The van der Waals surface area contributed by atoms with Crippen molar-refractivity contribution in [1.29, 1.82) is 0 Å². The maximum Gasteiger partial charge on any atom is 0.183 e. The Morgan fingerprint density at radius 3 is 2.72 bits per heavy atom. The molecule has 1 aliphatic rings. The molecule has 1 heterocycles. The molecule has 0 radical (unpaired) electrons. The summed E-state index contributed by atoms with van der Waals surface area (Å²) in [4.78, 5) is 6.07. The van der Waals surface area contributed by atoms with Gasteiger partial charge in [-0.05, 0) is 45.2 Å². The number of benzene rings is 1. The molecule has 0 aliphatic heterocycles. The van der Waals surface area contributed by atoms with Crippen LogP contribution in [0.2, 0.25) is 0 Å². The van der Waals surface area contributed by atoms with Gasteiger partial charge in [0.05, 0.1) is 5.69 Å². The van der Waals surface area contributed by atoms with Crippen LogP contribution in [0.25, 0.3) is 11.3 Å². The minimum absolute atomic E-state index is 0.669. The van der Waals surface area contributed by atoms with Gasteiger partial charge in [-0.3, -0.25) is 0 Å². The molecule has 0 bridgehead atoms. The molecule has 1 aliphatic carbocycles. The highest BCUT2D eigenvalue weighted by atomic mass is 32.1. The number of nitrogens with zero attached hydrogens (tertiary/aromatic N) is 1. The molecular formula is C15H18N2S. The van der Waals surface area contributed by atoms with Gasteiger partial charge < -0.3 is 5.32 Å². The highest BCUT2D eigenvalue weighted by Crippen LogP contribution is 2.35. The van der Waals surface area contributed by atoms with Gasteiger partial charge in [0.25, 0.3) is 0 Å². The third-order valence-corrected chi connectivity index (χ3v) is 4.25. The fourth-order valence-corrected chi connectivity index (χ4v) is 3.01. The van der Waals surface area contributed by atoms with Crippen LogP contribution in [0, 0.1) is 20.8 Å². The molecule has 3 heteroatoms. The third-order valence-electron chi connectivity index (χ3n) is 3.35. The predicted molar refractivity (Wildman–Crippen MR) is 78.4 cm³/mol. The molecule has 2 aromatic rings. The SMILES string of the molecule is Cc1ccc(C)c(-c2nc(NC3CC3)sc2C)c1. The molecule has 3 rings (SSSR count). The molecule has 94 valence electrons. The first kappa shape index (κ1) is 11.7. The van der Waals surface area contributed by atoms with Crippen molar-refractivity contribution < 1.29 is 0 Å². The first-order valence-electron chi connectivity index (χ1n) is 6.45. The lowest BCUT2D eigenvalue weighted by atomic mass is 10.0. The molecule has 0 spiro atoms. The zero-order chi connectivity index (χ0) is 12.7. The van der Waals surface area contributed by atoms with Gasteiger partial charge in [-0.25, -0.2) is 4.98 Å². The second kappa shape index (κ2) is 4.39. The highest BCUT2D eigenvalue weighted by Gasteiger charge is 2.23. The Balaban J connectivity index is 1.99. The fraction of sp³-hybridized carbons (Fsp3) is 0.400. The van der Waals surface area contributed by atoms with E-state index in [-0.39, 0.29) is 0 Å². The van der Waals surface area contributed by atoms with Crippen LogP contribution in [-0.4, -0.2) is 11.0 Å². The van der Waals surface area contributed by atoms with Crippen LogP contribution in [0.3, 0.4) is 0 Å². The summed E-state index contributed by atoms with van der Waals surface area (Å²) in [6, 6.07) is 7.24. The van der Waals surface area contributed by atoms with E-state index in [1.54, 1.807) is 11.3 Å². The first-order valence-corrected chi connectivity index (χ1v) is 7.27. The molecule has 0 saturated heterocycles. The molecule has 0 amide bonds. The van der Waals surface area contributed by atoms with Gasteiger partial charge in [-0.15, -0.1) is 11.3 Å². The highest BCUT2D eigenvalue weighted by molar-refractivity contribution is 7.16. The van der Waals surface area contributed by atoms with Crippen LogP contribution >= 0.6 is 11.3 Å². The molecule has 2 nitrogen and oxygen atoms in total. The molecule has 0 atom stereocenters. The second-order valence-corrected chi connectivity index (χ2v) is 6.36. The zero-order valence-electron chi connectivity index (χ0n) is 11.1. The monoisotopic (exact) mass is 258 g/mol. The summed E-state index contributed by atoms with van der Waals surface area (Å²) >= 11 is 1.77. The smallest absolute Gasteiger partial charge is 0.183 e. The maximum atomic E-state index is 4.77. The normalized spacial score (nSPS) is 14.8. The van der Waals surface area contributed by atoms with Gasteiger partial charge in [0.2, 0.25) is 0 Å². The van der Waals surface area contributed by atoms with E-state index in [4.69, 9.17) is 4.98 Å². The Labute approximate surface area is 112 Å². The largest absolute Gasteiger partial charge is 0.359 e. The Morgan fingerprint density at radius 2 is 2.00 bits per heavy atom. The number of thiazole rings is 1. The molecule has 1 saturated carbocycles. The standard InChI is InChI=1S/C15H18N2S/c1-9-4-5-10(2)13(8-9)14-11(3)18-15(17-14)16-12-6-7-12/h4-5,8,12H,6-7H2,1-3H3,(H,16,17). The number of hydrogen-bond donors (Lipinski definition) is 1. The van der Waals surface area contributed by atoms with Crippen molar-refractivity contribution >= 4 is 16.5 Å². The van der Waals surface area contributed by atoms with Crippen molar-refractivity contribution in [2.75, 3.05) is 5.32 Å². The Kier molecular flexibility index (Phi) is 2.86. The van der Waals surface area contributed by atoms with Crippen molar-refractivity contribution in [3.63, 3.8) is 0 Å². The van der Waals surface area contributed by atoms with E-state index in [0.717, 1.165) is 10.8 Å². The lowest BCUT2D eigenvalue weighted by Crippen LogP contribution is -1.99. The summed E-state index contributed by atoms with van der Waals surface area (Å²) in [6.45, 7) is 6.45. The molecule has 0 unspecified atom stereocenters. The number of anilines is 1. The van der Waals surface area contributed by atoms with E-state index in [1.807, 2.05) is 0 Å². The van der Waals surface area contributed by atoms with E-state index in [2.05, 4.69) is 44.3 Å². The van der Waals surface area contributed by atoms with Crippen LogP contribution < -0.4 is 5.32 Å². The topological polar surface area (TPSA) is 24.9 Å². The molecular weight excluding hydrogens is 240 g/mol. The van der Waals surface area contributed by atoms with Gasteiger partial charge in [0.1, 0.15) is 0 Å². The average molecular weight is 258 g/mol. The van der Waals surface area contributed by atoms with Crippen LogP contribution in [0.15, 0.2) is 18.2 Å². The van der Waals surface area contributed by atoms with Gasteiger partial charge in [-0.1, -0.05) is 17.7 Å². The number of aromatic nitrogens is 1. The van der Waals surface area contributed by atoms with Gasteiger partial charge in [0.15, 0.2) is 5.13 Å². The first-order chi connectivity index (χ1) is 8.63. The average Bonchev–Trinajstić information content (AvgIpc) is 3.06. The number of rotatable bonds is 3. The number of nitrogens with one attached hydrogen (secondary N) is 1. The third kappa shape index (κ3) is 2.27. The van der Waals surface area contributed by atoms with Crippen LogP contribution in [0.5, 0.6) is 0 Å². The maximum absolute atomic E-state index is 4.77. The Bertz CT molecular complexity index is 582. The summed E-state index contributed by atoms with van der Waals surface area (Å²) in [7, 11) is 0. The van der Waals surface area contributed by atoms with Crippen molar-refractivity contribution in [3.05, 3.63) is 34.2 Å². The van der Waals surface area contributed by atoms with Crippen LogP contribution in [0.4, 0.5) is 5.13 Å². The Hall–Kier alpha value is -1.35. The van der Waals surface area contributed by atoms with Crippen molar-refractivity contribution in [2.24, 2.45) is 0 Å². The fourth-order valence-electron chi connectivity index (χ4n) is 2.10. The van der Waals surface area contributed by atoms with Crippen LogP contribution in [-0.2, 0) is 0 Å². The van der Waals surface area contributed by atoms with Gasteiger partial charge >= 0.3 is 0 Å². The van der Waals surface area contributed by atoms with Gasteiger partial charge in [-0.2, -0.15) is 0 Å². The second-order valence-electron chi connectivity index (χ2n) is 5.16. The van der Waals surface area contributed by atoms with E-state index < -0.39 is 0 Å². The summed E-state index contributed by atoms with van der Waals surface area (Å²) in [5.41, 5.74) is 5.00. The molecule has 1 N–H and O–H groups in total. The molecule has 1 aromatic heterocycles. The van der Waals surface area contributed by atoms with Crippen LogP contribution in [0.1, 0.15) is 28.8 Å². The lowest BCUT2D eigenvalue weighted by Gasteiger charge is -2.05. The zero-order valence-corrected chi connectivity index (χ0v) is 11.9. The van der Waals surface area contributed by atoms with E-state index in [0.29, 0.717) is 6.04 Å². The molecule has 1 fully saturated rings. The summed E-state index contributed by atoms with van der Waals surface area (Å²) < 4.78 is 0. The van der Waals surface area contributed by atoms with Crippen molar-refractivity contribution in [1.82, 2.24) is 4.98 Å². The number of hydrogen-bond acceptors (Lipinski definition) is 3. The minimum Gasteiger partial charge on any atom is -0.359 e. The Morgan fingerprint density at radius 1 is 1.22 bits per heavy atom. The predicted octanol–water partition coefficient (Wildman–Crippen LogP) is 4.31. The molecule has 18 heavy (non-hydrogen) atoms. The quantitative estimate of drug-likeness (QED) is 0.887. The van der Waals surface area contributed by atoms with Crippen molar-refractivity contribution in [2.45, 2.75) is 39.7 Å². The molecule has 1 aromatic carbocycles. The summed E-state index contributed by atoms with van der Waals surface area (Å²) in [6.07, 6.45) is 2.58. The lowest BCUT2D eigenvalue weighted by molar-refractivity contribution is 1.14. The van der Waals surface area contributed by atoms with E-state index in [9.17, 15) is 0 Å². The summed E-state index contributed by atoms with van der Waals surface area (Å²) in [5.74, 6) is 0. The van der Waals surface area contributed by atoms with Crippen molar-refractivity contribution in [3.8, 4) is 11.3 Å². The number of aryl methyl sites for hydroxylation is 3. The van der Waals surface area contributed by atoms with E-state index in [1.165, 1.54) is 34.4 Å². The minimum atomic E-state index is 0.669.